The fourth-order valence-corrected chi connectivity index (χ4v) is 2.63. The van der Waals surface area contributed by atoms with Gasteiger partial charge in [-0.15, -0.1) is 10.2 Å². The molecule has 4 nitrogen and oxygen atoms in total. The zero-order valence-corrected chi connectivity index (χ0v) is 13.6. The quantitative estimate of drug-likeness (QED) is 0.648. The number of rotatable bonds is 6. The van der Waals surface area contributed by atoms with Gasteiger partial charge in [-0.2, -0.15) is 0 Å². The van der Waals surface area contributed by atoms with Crippen LogP contribution in [0.2, 0.25) is 0 Å². The van der Waals surface area contributed by atoms with Gasteiger partial charge in [0.15, 0.2) is 0 Å². The third kappa shape index (κ3) is 4.58. The number of aliphatic hydroxyl groups is 1. The second-order valence-electron chi connectivity index (χ2n) is 5.98. The summed E-state index contributed by atoms with van der Waals surface area (Å²) in [7, 11) is 0. The van der Waals surface area contributed by atoms with Gasteiger partial charge in [0.2, 0.25) is 5.89 Å². The SMILES string of the molecule is CC(C)(C)c1ccc(-c2nnc(SCCCCO)o2)cc1. The van der Waals surface area contributed by atoms with Crippen molar-refractivity contribution in [3.8, 4) is 11.5 Å². The van der Waals surface area contributed by atoms with Crippen molar-refractivity contribution in [2.75, 3.05) is 12.4 Å². The van der Waals surface area contributed by atoms with Gasteiger partial charge in [-0.3, -0.25) is 0 Å². The molecule has 0 atom stereocenters. The van der Waals surface area contributed by atoms with Crippen LogP contribution in [-0.4, -0.2) is 27.7 Å². The standard InChI is InChI=1S/C16H22N2O2S/c1-16(2,3)13-8-6-12(7-9-13)14-17-18-15(20-14)21-11-5-4-10-19/h6-9,19H,4-5,10-11H2,1-3H3. The molecule has 0 fully saturated rings. The van der Waals surface area contributed by atoms with Crippen molar-refractivity contribution in [1.29, 1.82) is 0 Å². The van der Waals surface area contributed by atoms with Gasteiger partial charge >= 0.3 is 0 Å². The fourth-order valence-electron chi connectivity index (χ4n) is 1.87. The first kappa shape index (κ1) is 16.0. The van der Waals surface area contributed by atoms with Crippen LogP contribution in [0.25, 0.3) is 11.5 Å². The molecular weight excluding hydrogens is 284 g/mol. The summed E-state index contributed by atoms with van der Waals surface area (Å²) in [6.07, 6.45) is 1.75. The van der Waals surface area contributed by atoms with E-state index in [1.54, 1.807) is 0 Å². The van der Waals surface area contributed by atoms with Crippen molar-refractivity contribution in [2.24, 2.45) is 0 Å². The Morgan fingerprint density at radius 2 is 1.81 bits per heavy atom. The van der Waals surface area contributed by atoms with Crippen molar-refractivity contribution in [3.63, 3.8) is 0 Å². The van der Waals surface area contributed by atoms with Gasteiger partial charge in [0.05, 0.1) is 0 Å². The van der Waals surface area contributed by atoms with Crippen LogP contribution in [0.3, 0.4) is 0 Å². The Balaban J connectivity index is 2.00. The Labute approximate surface area is 130 Å². The van der Waals surface area contributed by atoms with E-state index in [4.69, 9.17) is 9.52 Å². The normalized spacial score (nSPS) is 11.8. The largest absolute Gasteiger partial charge is 0.411 e. The van der Waals surface area contributed by atoms with E-state index in [1.807, 2.05) is 12.1 Å². The van der Waals surface area contributed by atoms with Crippen LogP contribution in [-0.2, 0) is 5.41 Å². The summed E-state index contributed by atoms with van der Waals surface area (Å²) in [6, 6.07) is 8.25. The van der Waals surface area contributed by atoms with Crippen LogP contribution in [0.15, 0.2) is 33.9 Å². The number of hydrogen-bond acceptors (Lipinski definition) is 5. The van der Waals surface area contributed by atoms with Crippen molar-refractivity contribution in [1.82, 2.24) is 10.2 Å². The number of unbranched alkanes of at least 4 members (excludes halogenated alkanes) is 1. The molecule has 0 aliphatic heterocycles. The molecule has 0 aliphatic carbocycles. The van der Waals surface area contributed by atoms with Gasteiger partial charge in [0.25, 0.3) is 5.22 Å². The van der Waals surface area contributed by atoms with Crippen LogP contribution >= 0.6 is 11.8 Å². The average Bonchev–Trinajstić information content (AvgIpc) is 2.92. The van der Waals surface area contributed by atoms with Crippen molar-refractivity contribution in [3.05, 3.63) is 29.8 Å². The average molecular weight is 306 g/mol. The van der Waals surface area contributed by atoms with E-state index >= 15 is 0 Å². The predicted molar refractivity (Wildman–Crippen MR) is 85.5 cm³/mol. The minimum absolute atomic E-state index is 0.140. The first-order chi connectivity index (χ1) is 10.0. The lowest BCUT2D eigenvalue weighted by Crippen LogP contribution is -2.10. The van der Waals surface area contributed by atoms with Crippen LogP contribution in [0.4, 0.5) is 0 Å². The van der Waals surface area contributed by atoms with E-state index in [-0.39, 0.29) is 12.0 Å². The Hall–Kier alpha value is -1.33. The summed E-state index contributed by atoms with van der Waals surface area (Å²) in [6.45, 7) is 6.80. The molecule has 0 bridgehead atoms. The predicted octanol–water partition coefficient (Wildman–Crippen LogP) is 3.90. The first-order valence-corrected chi connectivity index (χ1v) is 8.17. The maximum Gasteiger partial charge on any atom is 0.276 e. The topological polar surface area (TPSA) is 59.2 Å². The summed E-state index contributed by atoms with van der Waals surface area (Å²) in [5.74, 6) is 1.44. The number of nitrogens with zero attached hydrogens (tertiary/aromatic N) is 2. The third-order valence-corrected chi connectivity index (χ3v) is 4.09. The smallest absolute Gasteiger partial charge is 0.276 e. The first-order valence-electron chi connectivity index (χ1n) is 7.19. The zero-order valence-electron chi connectivity index (χ0n) is 12.8. The van der Waals surface area contributed by atoms with E-state index in [2.05, 4.69) is 43.1 Å². The van der Waals surface area contributed by atoms with Crippen LogP contribution in [0, 0.1) is 0 Å². The fraction of sp³-hybridized carbons (Fsp3) is 0.500. The third-order valence-electron chi connectivity index (χ3n) is 3.18. The van der Waals surface area contributed by atoms with Gasteiger partial charge < -0.3 is 9.52 Å². The summed E-state index contributed by atoms with van der Waals surface area (Å²) in [5, 5.41) is 17.5. The molecule has 2 aromatic rings. The summed E-state index contributed by atoms with van der Waals surface area (Å²) in [5.41, 5.74) is 2.36. The number of aromatic nitrogens is 2. The lowest BCUT2D eigenvalue weighted by atomic mass is 9.87. The second kappa shape index (κ2) is 7.09. The number of benzene rings is 1. The molecule has 0 saturated carbocycles. The molecule has 1 N–H and O–H groups in total. The van der Waals surface area contributed by atoms with Gasteiger partial charge in [-0.1, -0.05) is 44.7 Å². The molecule has 1 aromatic heterocycles. The summed E-state index contributed by atoms with van der Waals surface area (Å²) >= 11 is 1.53. The lowest BCUT2D eigenvalue weighted by molar-refractivity contribution is 0.287. The Bertz CT molecular complexity index is 558. The van der Waals surface area contributed by atoms with Crippen LogP contribution in [0.1, 0.15) is 39.2 Å². The summed E-state index contributed by atoms with van der Waals surface area (Å²) < 4.78 is 5.65. The molecule has 114 valence electrons. The Morgan fingerprint density at radius 1 is 1.10 bits per heavy atom. The molecule has 0 saturated heterocycles. The van der Waals surface area contributed by atoms with Gasteiger partial charge in [-0.05, 0) is 36.0 Å². The number of thioether (sulfide) groups is 1. The molecular formula is C16H22N2O2S. The highest BCUT2D eigenvalue weighted by molar-refractivity contribution is 7.99. The molecule has 0 amide bonds. The molecule has 5 heteroatoms. The minimum atomic E-state index is 0.140. The molecule has 0 aliphatic rings. The monoisotopic (exact) mass is 306 g/mol. The van der Waals surface area contributed by atoms with Crippen molar-refractivity contribution < 1.29 is 9.52 Å². The number of hydrogen-bond donors (Lipinski definition) is 1. The molecule has 0 unspecified atom stereocenters. The van der Waals surface area contributed by atoms with E-state index in [0.29, 0.717) is 11.1 Å². The minimum Gasteiger partial charge on any atom is -0.411 e. The van der Waals surface area contributed by atoms with Gasteiger partial charge in [-0.25, -0.2) is 0 Å². The van der Waals surface area contributed by atoms with E-state index < -0.39 is 0 Å². The highest BCUT2D eigenvalue weighted by Crippen LogP contribution is 2.27. The number of aliphatic hydroxyl groups excluding tert-OH is 1. The van der Waals surface area contributed by atoms with Gasteiger partial charge in [0, 0.05) is 17.9 Å². The van der Waals surface area contributed by atoms with Gasteiger partial charge in [0.1, 0.15) is 0 Å². The second-order valence-corrected chi connectivity index (χ2v) is 7.03. The highest BCUT2D eigenvalue weighted by atomic mass is 32.2. The Kier molecular flexibility index (Phi) is 5.42. The summed E-state index contributed by atoms with van der Waals surface area (Å²) in [4.78, 5) is 0. The van der Waals surface area contributed by atoms with E-state index in [9.17, 15) is 0 Å². The molecule has 21 heavy (non-hydrogen) atoms. The Morgan fingerprint density at radius 3 is 2.43 bits per heavy atom. The van der Waals surface area contributed by atoms with Crippen LogP contribution < -0.4 is 0 Å². The van der Waals surface area contributed by atoms with Crippen molar-refractivity contribution in [2.45, 2.75) is 44.3 Å². The molecule has 1 aromatic carbocycles. The molecule has 2 rings (SSSR count). The van der Waals surface area contributed by atoms with E-state index in [1.165, 1.54) is 17.3 Å². The van der Waals surface area contributed by atoms with E-state index in [0.717, 1.165) is 24.2 Å². The highest BCUT2D eigenvalue weighted by Gasteiger charge is 2.14. The lowest BCUT2D eigenvalue weighted by Gasteiger charge is -2.18. The molecule has 1 heterocycles. The molecule has 0 spiro atoms. The molecule has 0 radical (unpaired) electrons. The maximum absolute atomic E-state index is 8.74. The van der Waals surface area contributed by atoms with Crippen LogP contribution in [0.5, 0.6) is 0 Å². The maximum atomic E-state index is 8.74. The van der Waals surface area contributed by atoms with Crippen molar-refractivity contribution >= 4 is 11.8 Å². The zero-order chi connectivity index (χ0) is 15.3.